The Balaban J connectivity index is 1.50. The number of piperidine rings is 1. The van der Waals surface area contributed by atoms with Crippen molar-refractivity contribution in [1.29, 1.82) is 0 Å². The summed E-state index contributed by atoms with van der Waals surface area (Å²) >= 11 is 0. The molecule has 1 aliphatic rings. The Kier molecular flexibility index (Phi) is 7.54. The van der Waals surface area contributed by atoms with E-state index in [1.807, 2.05) is 35.8 Å². The first kappa shape index (κ1) is 23.1. The number of hydrogen-bond acceptors (Lipinski definition) is 5. The first-order valence-electron chi connectivity index (χ1n) is 10.7. The maximum atomic E-state index is 12.4. The molecule has 0 radical (unpaired) electrons. The molecule has 1 fully saturated rings. The largest absolute Gasteiger partial charge is 0.492 e. The molecule has 7 nitrogen and oxygen atoms in total. The zero-order valence-corrected chi connectivity index (χ0v) is 19.3. The molecule has 8 heteroatoms. The van der Waals surface area contributed by atoms with Crippen LogP contribution in [-0.2, 0) is 9.84 Å². The van der Waals surface area contributed by atoms with Crippen molar-refractivity contribution in [3.63, 3.8) is 0 Å². The summed E-state index contributed by atoms with van der Waals surface area (Å²) in [5.41, 5.74) is 1.61. The topological polar surface area (TPSA) is 79.8 Å². The third-order valence-electron chi connectivity index (χ3n) is 5.72. The van der Waals surface area contributed by atoms with Gasteiger partial charge in [0, 0.05) is 38.0 Å². The van der Waals surface area contributed by atoms with Crippen LogP contribution in [0.2, 0.25) is 0 Å². The minimum atomic E-state index is -3.21. The molecule has 0 saturated carbocycles. The molecule has 1 aromatic carbocycles. The summed E-state index contributed by atoms with van der Waals surface area (Å²) in [6.45, 7) is 7.63. The maximum absolute atomic E-state index is 12.4. The molecule has 0 N–H and O–H groups in total. The molecular formula is C23H31N3O4S. The molecule has 0 unspecified atom stereocenters. The second-order valence-electron chi connectivity index (χ2n) is 7.87. The zero-order chi connectivity index (χ0) is 22.4. The van der Waals surface area contributed by atoms with Crippen LogP contribution in [0.4, 0.5) is 4.79 Å². The van der Waals surface area contributed by atoms with E-state index in [2.05, 4.69) is 4.98 Å². The van der Waals surface area contributed by atoms with Crippen LogP contribution in [-0.4, -0.2) is 68.3 Å². The summed E-state index contributed by atoms with van der Waals surface area (Å²) in [4.78, 5) is 21.0. The Morgan fingerprint density at radius 2 is 1.74 bits per heavy atom. The molecule has 1 aromatic heterocycles. The van der Waals surface area contributed by atoms with Gasteiger partial charge in [-0.15, -0.1) is 0 Å². The van der Waals surface area contributed by atoms with Crippen LogP contribution in [0.5, 0.6) is 5.75 Å². The Morgan fingerprint density at radius 3 is 2.26 bits per heavy atom. The highest BCUT2D eigenvalue weighted by Crippen LogP contribution is 2.23. The molecule has 2 aromatic rings. The van der Waals surface area contributed by atoms with Gasteiger partial charge in [0.1, 0.15) is 5.75 Å². The van der Waals surface area contributed by atoms with Gasteiger partial charge < -0.3 is 14.5 Å². The smallest absolute Gasteiger partial charge is 0.319 e. The molecule has 3 rings (SSSR count). The van der Waals surface area contributed by atoms with E-state index in [0.29, 0.717) is 23.2 Å². The normalized spacial score (nSPS) is 15.0. The lowest BCUT2D eigenvalue weighted by atomic mass is 9.98. The number of rotatable bonds is 7. The number of ether oxygens (including phenoxy) is 1. The molecule has 168 valence electrons. The van der Waals surface area contributed by atoms with E-state index in [1.54, 1.807) is 30.5 Å². The predicted molar refractivity (Wildman–Crippen MR) is 121 cm³/mol. The van der Waals surface area contributed by atoms with Gasteiger partial charge >= 0.3 is 6.03 Å². The standard InChI is InChI=1S/C23H31N3O4S/c1-4-25(5-2)23(27)26-14-12-18(13-15-26)17-30-20-8-11-22(24-16-20)19-6-9-21(10-7-19)31(3,28)29/h6-11,16,18H,4-5,12-15,17H2,1-3H3. The van der Waals surface area contributed by atoms with Crippen LogP contribution in [0.25, 0.3) is 11.3 Å². The van der Waals surface area contributed by atoms with Crippen LogP contribution < -0.4 is 4.74 Å². The number of carbonyl (C=O) groups is 1. The third-order valence-corrected chi connectivity index (χ3v) is 6.85. The van der Waals surface area contributed by atoms with Crippen LogP contribution in [0.1, 0.15) is 26.7 Å². The minimum Gasteiger partial charge on any atom is -0.492 e. The van der Waals surface area contributed by atoms with Gasteiger partial charge in [-0.3, -0.25) is 4.98 Å². The number of urea groups is 1. The van der Waals surface area contributed by atoms with Gasteiger partial charge in [-0.25, -0.2) is 13.2 Å². The molecule has 1 saturated heterocycles. The lowest BCUT2D eigenvalue weighted by Crippen LogP contribution is -2.47. The van der Waals surface area contributed by atoms with Gasteiger partial charge in [-0.1, -0.05) is 12.1 Å². The molecule has 0 spiro atoms. The summed E-state index contributed by atoms with van der Waals surface area (Å²) in [6.07, 6.45) is 4.76. The molecule has 0 bridgehead atoms. The van der Waals surface area contributed by atoms with Crippen molar-refractivity contribution in [2.75, 3.05) is 39.0 Å². The SMILES string of the molecule is CCN(CC)C(=O)N1CCC(COc2ccc(-c3ccc(S(C)(=O)=O)cc3)nc2)CC1. The number of hydrogen-bond donors (Lipinski definition) is 0. The number of carbonyl (C=O) groups excluding carboxylic acids is 1. The van der Waals surface area contributed by atoms with E-state index in [9.17, 15) is 13.2 Å². The molecule has 1 aliphatic heterocycles. The van der Waals surface area contributed by atoms with Crippen molar-refractivity contribution >= 4 is 15.9 Å². The predicted octanol–water partition coefficient (Wildman–Crippen LogP) is 3.70. The average molecular weight is 446 g/mol. The van der Waals surface area contributed by atoms with Crippen molar-refractivity contribution < 1.29 is 17.9 Å². The molecule has 2 heterocycles. The summed E-state index contributed by atoms with van der Waals surface area (Å²) < 4.78 is 29.1. The van der Waals surface area contributed by atoms with E-state index >= 15 is 0 Å². The second kappa shape index (κ2) is 10.1. The van der Waals surface area contributed by atoms with Gasteiger partial charge in [0.05, 0.1) is 23.4 Å². The third kappa shape index (κ3) is 5.97. The number of amides is 2. The average Bonchev–Trinajstić information content (AvgIpc) is 2.78. The van der Waals surface area contributed by atoms with Gasteiger partial charge in [-0.05, 0) is 56.9 Å². The number of benzene rings is 1. The van der Waals surface area contributed by atoms with Gasteiger partial charge in [-0.2, -0.15) is 0 Å². The number of pyridine rings is 1. The van der Waals surface area contributed by atoms with E-state index in [0.717, 1.165) is 50.3 Å². The highest BCUT2D eigenvalue weighted by atomic mass is 32.2. The van der Waals surface area contributed by atoms with Gasteiger partial charge in [0.25, 0.3) is 0 Å². The number of nitrogens with zero attached hydrogens (tertiary/aromatic N) is 3. The number of sulfone groups is 1. The highest BCUT2D eigenvalue weighted by Gasteiger charge is 2.25. The molecular weight excluding hydrogens is 414 g/mol. The highest BCUT2D eigenvalue weighted by molar-refractivity contribution is 7.90. The van der Waals surface area contributed by atoms with Gasteiger partial charge in [0.2, 0.25) is 0 Å². The van der Waals surface area contributed by atoms with Crippen molar-refractivity contribution in [3.8, 4) is 17.0 Å². The van der Waals surface area contributed by atoms with Crippen molar-refractivity contribution in [2.24, 2.45) is 5.92 Å². The van der Waals surface area contributed by atoms with Crippen LogP contribution in [0.3, 0.4) is 0 Å². The molecule has 0 aliphatic carbocycles. The summed E-state index contributed by atoms with van der Waals surface area (Å²) in [5.74, 6) is 1.13. The lowest BCUT2D eigenvalue weighted by Gasteiger charge is -2.35. The van der Waals surface area contributed by atoms with Crippen molar-refractivity contribution in [2.45, 2.75) is 31.6 Å². The van der Waals surface area contributed by atoms with E-state index < -0.39 is 9.84 Å². The molecule has 2 amide bonds. The number of likely N-dealkylation sites (tertiary alicyclic amines) is 1. The summed E-state index contributed by atoms with van der Waals surface area (Å²) in [5, 5.41) is 0. The fourth-order valence-electron chi connectivity index (χ4n) is 3.71. The van der Waals surface area contributed by atoms with E-state index in [1.165, 1.54) is 6.26 Å². The van der Waals surface area contributed by atoms with Crippen LogP contribution in [0.15, 0.2) is 47.5 Å². The fraction of sp³-hybridized carbons (Fsp3) is 0.478. The Morgan fingerprint density at radius 1 is 1.10 bits per heavy atom. The number of aromatic nitrogens is 1. The fourth-order valence-corrected chi connectivity index (χ4v) is 4.34. The van der Waals surface area contributed by atoms with Gasteiger partial charge in [0.15, 0.2) is 9.84 Å². The summed E-state index contributed by atoms with van der Waals surface area (Å²) in [6, 6.07) is 10.6. The summed E-state index contributed by atoms with van der Waals surface area (Å²) in [7, 11) is -3.21. The molecule has 31 heavy (non-hydrogen) atoms. The van der Waals surface area contributed by atoms with Crippen molar-refractivity contribution in [1.82, 2.24) is 14.8 Å². The maximum Gasteiger partial charge on any atom is 0.319 e. The first-order valence-corrected chi connectivity index (χ1v) is 12.6. The van der Waals surface area contributed by atoms with E-state index in [4.69, 9.17) is 4.74 Å². The zero-order valence-electron chi connectivity index (χ0n) is 18.5. The first-order chi connectivity index (χ1) is 14.8. The lowest BCUT2D eigenvalue weighted by molar-refractivity contribution is 0.121. The van der Waals surface area contributed by atoms with Crippen LogP contribution in [0, 0.1) is 5.92 Å². The quantitative estimate of drug-likeness (QED) is 0.649. The monoisotopic (exact) mass is 445 g/mol. The van der Waals surface area contributed by atoms with Crippen LogP contribution >= 0.6 is 0 Å². The Labute approximate surface area is 185 Å². The van der Waals surface area contributed by atoms with Crippen molar-refractivity contribution in [3.05, 3.63) is 42.6 Å². The molecule has 0 atom stereocenters. The minimum absolute atomic E-state index is 0.133. The Hall–Kier alpha value is -2.61. The van der Waals surface area contributed by atoms with E-state index in [-0.39, 0.29) is 6.03 Å². The second-order valence-corrected chi connectivity index (χ2v) is 9.89. The Bertz CT molecular complexity index is 963.